The van der Waals surface area contributed by atoms with Crippen molar-refractivity contribution in [3.63, 3.8) is 0 Å². The number of guanidine groups is 1. The first-order chi connectivity index (χ1) is 10.1. The third-order valence-corrected chi connectivity index (χ3v) is 3.71. The lowest BCUT2D eigenvalue weighted by Crippen LogP contribution is -2.40. The lowest BCUT2D eigenvalue weighted by Gasteiger charge is -2.27. The first kappa shape index (κ1) is 19.2. The molecule has 6 heteroatoms. The number of halogens is 2. The molecule has 4 nitrogen and oxygen atoms in total. The van der Waals surface area contributed by atoms with Crippen LogP contribution in [0.4, 0.5) is 4.39 Å². The van der Waals surface area contributed by atoms with E-state index in [9.17, 15) is 4.39 Å². The molecule has 1 aliphatic heterocycles. The van der Waals surface area contributed by atoms with Crippen LogP contribution in [0.25, 0.3) is 0 Å². The Hall–Kier alpha value is -0.890. The Morgan fingerprint density at radius 2 is 1.95 bits per heavy atom. The monoisotopic (exact) mass is 420 g/mol. The second-order valence-electron chi connectivity index (χ2n) is 5.89. The van der Waals surface area contributed by atoms with Gasteiger partial charge in [0.05, 0.1) is 6.54 Å². The minimum absolute atomic E-state index is 0. The van der Waals surface area contributed by atoms with Crippen LogP contribution < -0.4 is 5.73 Å². The van der Waals surface area contributed by atoms with Crippen LogP contribution in [0.15, 0.2) is 23.2 Å². The highest BCUT2D eigenvalue weighted by atomic mass is 127. The largest absolute Gasteiger partial charge is 0.370 e. The van der Waals surface area contributed by atoms with Crippen LogP contribution in [0.5, 0.6) is 0 Å². The van der Waals surface area contributed by atoms with E-state index in [-0.39, 0.29) is 29.8 Å². The van der Waals surface area contributed by atoms with Gasteiger partial charge >= 0.3 is 0 Å². The highest BCUT2D eigenvalue weighted by Gasteiger charge is 2.11. The van der Waals surface area contributed by atoms with Crippen LogP contribution in [-0.4, -0.2) is 42.9 Å². The quantitative estimate of drug-likeness (QED) is 0.463. The highest BCUT2D eigenvalue weighted by Crippen LogP contribution is 2.13. The lowest BCUT2D eigenvalue weighted by atomic mass is 10.1. The predicted molar refractivity (Wildman–Crippen MR) is 100.0 cm³/mol. The van der Waals surface area contributed by atoms with Gasteiger partial charge in [-0.1, -0.05) is 12.1 Å². The molecule has 124 valence electrons. The Kier molecular flexibility index (Phi) is 8.09. The summed E-state index contributed by atoms with van der Waals surface area (Å²) in [5.74, 6) is 0.403. The Bertz CT molecular complexity index is 499. The molecule has 0 bridgehead atoms. The van der Waals surface area contributed by atoms with Crippen molar-refractivity contribution in [1.29, 1.82) is 0 Å². The molecule has 1 saturated heterocycles. The van der Waals surface area contributed by atoms with Crippen LogP contribution in [-0.2, 0) is 13.1 Å². The lowest BCUT2D eigenvalue weighted by molar-refractivity contribution is 0.338. The molecule has 0 aliphatic carbocycles. The fourth-order valence-corrected chi connectivity index (χ4v) is 2.55. The van der Waals surface area contributed by atoms with Crippen molar-refractivity contribution >= 4 is 29.9 Å². The van der Waals surface area contributed by atoms with Crippen molar-refractivity contribution in [3.05, 3.63) is 35.1 Å². The Balaban J connectivity index is 0.00000242. The minimum Gasteiger partial charge on any atom is -0.370 e. The molecule has 2 rings (SSSR count). The summed E-state index contributed by atoms with van der Waals surface area (Å²) in [6.45, 7) is 2.99. The van der Waals surface area contributed by atoms with Gasteiger partial charge in [-0.3, -0.25) is 0 Å². The molecule has 0 radical (unpaired) electrons. The number of benzene rings is 1. The highest BCUT2D eigenvalue weighted by molar-refractivity contribution is 14.0. The van der Waals surface area contributed by atoms with Crippen LogP contribution in [0.3, 0.4) is 0 Å². The standard InChI is InChI=1S/C16H25FN4.HI/c1-20(2)12-14-7-6-13(10-15(14)17)11-19-16(18)21-8-4-3-5-9-21;/h6-7,10H,3-5,8-9,11-12H2,1-2H3,(H2,18,19);1H. The van der Waals surface area contributed by atoms with Gasteiger partial charge in [0.15, 0.2) is 5.96 Å². The van der Waals surface area contributed by atoms with Gasteiger partial charge in [0, 0.05) is 25.2 Å². The number of nitrogens with zero attached hydrogens (tertiary/aromatic N) is 3. The summed E-state index contributed by atoms with van der Waals surface area (Å²) >= 11 is 0. The third kappa shape index (κ3) is 5.72. The maximum atomic E-state index is 14.0. The topological polar surface area (TPSA) is 44.9 Å². The average Bonchev–Trinajstić information content (AvgIpc) is 2.48. The van der Waals surface area contributed by atoms with Crippen molar-refractivity contribution in [3.8, 4) is 0 Å². The van der Waals surface area contributed by atoms with Crippen LogP contribution >= 0.6 is 24.0 Å². The molecule has 1 aromatic carbocycles. The summed E-state index contributed by atoms with van der Waals surface area (Å²) in [6, 6.07) is 5.32. The van der Waals surface area contributed by atoms with E-state index in [1.165, 1.54) is 19.3 Å². The Morgan fingerprint density at radius 3 is 2.55 bits per heavy atom. The molecule has 0 amide bonds. The molecule has 0 aromatic heterocycles. The molecular formula is C16H26FIN4. The normalized spacial score (nSPS) is 15.8. The molecule has 1 aliphatic rings. The van der Waals surface area contributed by atoms with Crippen molar-refractivity contribution in [2.24, 2.45) is 10.7 Å². The van der Waals surface area contributed by atoms with Gasteiger partial charge < -0.3 is 15.5 Å². The summed E-state index contributed by atoms with van der Waals surface area (Å²) in [5.41, 5.74) is 7.57. The summed E-state index contributed by atoms with van der Waals surface area (Å²) < 4.78 is 14.0. The van der Waals surface area contributed by atoms with Crippen molar-refractivity contribution in [1.82, 2.24) is 9.80 Å². The van der Waals surface area contributed by atoms with Gasteiger partial charge in [-0.15, -0.1) is 24.0 Å². The van der Waals surface area contributed by atoms with Crippen molar-refractivity contribution in [2.45, 2.75) is 32.4 Å². The number of aliphatic imine (C=N–C) groups is 1. The van der Waals surface area contributed by atoms with Gasteiger partial charge in [0.25, 0.3) is 0 Å². The summed E-state index contributed by atoms with van der Waals surface area (Å²) in [5, 5.41) is 0. The molecular weight excluding hydrogens is 394 g/mol. The zero-order chi connectivity index (χ0) is 15.2. The van der Waals surface area contributed by atoms with Gasteiger partial charge in [0.1, 0.15) is 5.82 Å². The van der Waals surface area contributed by atoms with Gasteiger partial charge in [0.2, 0.25) is 0 Å². The molecule has 1 fully saturated rings. The smallest absolute Gasteiger partial charge is 0.191 e. The summed E-state index contributed by atoms with van der Waals surface area (Å²) in [4.78, 5) is 8.45. The predicted octanol–water partition coefficient (Wildman–Crippen LogP) is 2.81. The van der Waals surface area contributed by atoms with E-state index in [0.717, 1.165) is 18.7 Å². The van der Waals surface area contributed by atoms with E-state index < -0.39 is 0 Å². The molecule has 0 saturated carbocycles. The number of rotatable bonds is 4. The Labute approximate surface area is 149 Å². The number of hydrogen-bond donors (Lipinski definition) is 1. The molecule has 1 heterocycles. The number of likely N-dealkylation sites (tertiary alicyclic amines) is 1. The average molecular weight is 420 g/mol. The first-order valence-corrected chi connectivity index (χ1v) is 7.53. The molecule has 22 heavy (non-hydrogen) atoms. The third-order valence-electron chi connectivity index (χ3n) is 3.71. The van der Waals surface area contributed by atoms with E-state index in [1.807, 2.05) is 31.1 Å². The van der Waals surface area contributed by atoms with Crippen LogP contribution in [0.2, 0.25) is 0 Å². The first-order valence-electron chi connectivity index (χ1n) is 7.53. The molecule has 1 aromatic rings. The van der Waals surface area contributed by atoms with Gasteiger partial charge in [-0.25, -0.2) is 9.38 Å². The van der Waals surface area contributed by atoms with Crippen molar-refractivity contribution < 1.29 is 4.39 Å². The SMILES string of the molecule is CN(C)Cc1ccc(CN=C(N)N2CCCCC2)cc1F.I. The fraction of sp³-hybridized carbons (Fsp3) is 0.562. The second-order valence-corrected chi connectivity index (χ2v) is 5.89. The van der Waals surface area contributed by atoms with E-state index in [4.69, 9.17) is 5.73 Å². The second kappa shape index (κ2) is 9.29. The summed E-state index contributed by atoms with van der Waals surface area (Å²) in [6.07, 6.45) is 3.61. The van der Waals surface area contributed by atoms with E-state index in [0.29, 0.717) is 24.6 Å². The zero-order valence-electron chi connectivity index (χ0n) is 13.4. The number of piperidine rings is 1. The van der Waals surface area contributed by atoms with E-state index >= 15 is 0 Å². The van der Waals surface area contributed by atoms with Crippen LogP contribution in [0.1, 0.15) is 30.4 Å². The molecule has 0 unspecified atom stereocenters. The maximum Gasteiger partial charge on any atom is 0.191 e. The Morgan fingerprint density at radius 1 is 1.27 bits per heavy atom. The summed E-state index contributed by atoms with van der Waals surface area (Å²) in [7, 11) is 3.86. The molecule has 0 atom stereocenters. The van der Waals surface area contributed by atoms with Gasteiger partial charge in [-0.2, -0.15) is 0 Å². The zero-order valence-corrected chi connectivity index (χ0v) is 15.7. The van der Waals surface area contributed by atoms with Crippen molar-refractivity contribution in [2.75, 3.05) is 27.2 Å². The molecule has 2 N–H and O–H groups in total. The van der Waals surface area contributed by atoms with E-state index in [1.54, 1.807) is 6.07 Å². The minimum atomic E-state index is -0.173. The van der Waals surface area contributed by atoms with Gasteiger partial charge in [-0.05, 0) is 45.0 Å². The maximum absolute atomic E-state index is 14.0. The van der Waals surface area contributed by atoms with Crippen LogP contribution in [0, 0.1) is 5.82 Å². The number of nitrogens with two attached hydrogens (primary N) is 1. The fourth-order valence-electron chi connectivity index (χ4n) is 2.55. The number of hydrogen-bond acceptors (Lipinski definition) is 2. The molecule has 0 spiro atoms. The van der Waals surface area contributed by atoms with E-state index in [2.05, 4.69) is 9.89 Å².